The number of carbonyl (C=O) groups is 1. The van der Waals surface area contributed by atoms with Crippen LogP contribution in [0, 0.1) is 10.1 Å². The van der Waals surface area contributed by atoms with Crippen molar-refractivity contribution in [3.05, 3.63) is 27.8 Å². The highest BCUT2D eigenvalue weighted by molar-refractivity contribution is 7.99. The lowest BCUT2D eigenvalue weighted by Gasteiger charge is -2.13. The standard InChI is InChI=1S/C11H12N2O6S/c1-19-8-3-5(2-7(9(8)14)13(17)18)10-12-6(4-20-10)11(15)16/h2-3,6,10,12,14H,4H2,1H3,(H,15,16)/t6-,10-/m0/s1. The van der Waals surface area contributed by atoms with Crippen LogP contribution in [-0.2, 0) is 4.79 Å². The summed E-state index contributed by atoms with van der Waals surface area (Å²) in [5, 5.41) is 31.9. The number of nitro benzene ring substituents is 1. The van der Waals surface area contributed by atoms with Crippen LogP contribution in [-0.4, -0.2) is 40.0 Å². The number of methoxy groups -OCH3 is 1. The van der Waals surface area contributed by atoms with Gasteiger partial charge in [-0.25, -0.2) is 0 Å². The van der Waals surface area contributed by atoms with E-state index in [9.17, 15) is 20.0 Å². The SMILES string of the molecule is COc1cc([C@H]2N[C@H](C(=O)O)CS2)cc([N+](=O)[O-])c1O. The van der Waals surface area contributed by atoms with E-state index in [0.717, 1.165) is 0 Å². The number of thioether (sulfide) groups is 1. The summed E-state index contributed by atoms with van der Waals surface area (Å²) in [5.41, 5.74) is 0.0145. The Bertz CT molecular complexity index is 564. The third-order valence-electron chi connectivity index (χ3n) is 2.88. The van der Waals surface area contributed by atoms with Gasteiger partial charge in [0.1, 0.15) is 6.04 Å². The number of phenolic OH excluding ortho intramolecular Hbond substituents is 1. The quantitative estimate of drug-likeness (QED) is 0.558. The van der Waals surface area contributed by atoms with E-state index in [4.69, 9.17) is 9.84 Å². The van der Waals surface area contributed by atoms with Crippen molar-refractivity contribution in [2.45, 2.75) is 11.4 Å². The van der Waals surface area contributed by atoms with Gasteiger partial charge in [0.25, 0.3) is 0 Å². The lowest BCUT2D eigenvalue weighted by Crippen LogP contribution is -2.33. The van der Waals surface area contributed by atoms with Gasteiger partial charge in [0, 0.05) is 11.8 Å². The van der Waals surface area contributed by atoms with Gasteiger partial charge in [0.05, 0.1) is 17.4 Å². The maximum Gasteiger partial charge on any atom is 0.321 e. The first-order chi connectivity index (χ1) is 9.43. The summed E-state index contributed by atoms with van der Waals surface area (Å²) >= 11 is 1.33. The molecular formula is C11H12N2O6S. The number of hydrogen-bond acceptors (Lipinski definition) is 7. The van der Waals surface area contributed by atoms with Crippen molar-refractivity contribution in [3.63, 3.8) is 0 Å². The highest BCUT2D eigenvalue weighted by Crippen LogP contribution is 2.42. The second-order valence-electron chi connectivity index (χ2n) is 4.12. The Hall–Kier alpha value is -2.00. The molecule has 1 fully saturated rings. The molecule has 0 aromatic heterocycles. The third kappa shape index (κ3) is 2.63. The van der Waals surface area contributed by atoms with Gasteiger partial charge in [-0.1, -0.05) is 0 Å². The Morgan fingerprint density at radius 1 is 1.60 bits per heavy atom. The van der Waals surface area contributed by atoms with Crippen LogP contribution < -0.4 is 10.1 Å². The van der Waals surface area contributed by atoms with Crippen molar-refractivity contribution in [2.75, 3.05) is 12.9 Å². The highest BCUT2D eigenvalue weighted by Gasteiger charge is 2.32. The Kier molecular flexibility index (Phi) is 4.00. The monoisotopic (exact) mass is 300 g/mol. The van der Waals surface area contributed by atoms with E-state index in [2.05, 4.69) is 5.32 Å². The van der Waals surface area contributed by atoms with E-state index in [1.165, 1.54) is 31.0 Å². The van der Waals surface area contributed by atoms with E-state index in [1.54, 1.807) is 0 Å². The molecule has 1 saturated heterocycles. The molecule has 1 aromatic rings. The fraction of sp³-hybridized carbons (Fsp3) is 0.364. The number of nitrogens with zero attached hydrogens (tertiary/aromatic N) is 1. The summed E-state index contributed by atoms with van der Waals surface area (Å²) in [6.07, 6.45) is 0. The predicted octanol–water partition coefficient (Wildman–Crippen LogP) is 1.10. The maximum atomic E-state index is 10.9. The third-order valence-corrected chi connectivity index (χ3v) is 4.14. The molecule has 2 rings (SSSR count). The molecule has 108 valence electrons. The molecular weight excluding hydrogens is 288 g/mol. The smallest absolute Gasteiger partial charge is 0.321 e. The van der Waals surface area contributed by atoms with Gasteiger partial charge in [-0.15, -0.1) is 11.8 Å². The van der Waals surface area contributed by atoms with E-state index >= 15 is 0 Å². The van der Waals surface area contributed by atoms with Crippen LogP contribution in [0.2, 0.25) is 0 Å². The second-order valence-corrected chi connectivity index (χ2v) is 5.26. The number of ether oxygens (including phenoxy) is 1. The number of nitro groups is 1. The number of carboxylic acids is 1. The molecule has 0 aliphatic carbocycles. The van der Waals surface area contributed by atoms with E-state index in [0.29, 0.717) is 11.3 Å². The molecule has 0 bridgehead atoms. The van der Waals surface area contributed by atoms with Crippen LogP contribution in [0.4, 0.5) is 5.69 Å². The molecule has 0 radical (unpaired) electrons. The average molecular weight is 300 g/mol. The molecule has 0 spiro atoms. The zero-order valence-corrected chi connectivity index (χ0v) is 11.2. The minimum absolute atomic E-state index is 0.0182. The molecule has 1 aromatic carbocycles. The van der Waals surface area contributed by atoms with Crippen molar-refractivity contribution in [2.24, 2.45) is 0 Å². The largest absolute Gasteiger partial charge is 0.500 e. The first kappa shape index (κ1) is 14.4. The Labute approximate surface area is 117 Å². The molecule has 0 amide bonds. The van der Waals surface area contributed by atoms with Crippen molar-refractivity contribution in [1.82, 2.24) is 5.32 Å². The number of aromatic hydroxyl groups is 1. The van der Waals surface area contributed by atoms with E-state index in [1.807, 2.05) is 0 Å². The number of phenols is 1. The van der Waals surface area contributed by atoms with Crippen molar-refractivity contribution < 1.29 is 24.7 Å². The van der Waals surface area contributed by atoms with E-state index in [-0.39, 0.29) is 5.75 Å². The molecule has 1 aliphatic rings. The molecule has 1 heterocycles. The number of nitrogens with one attached hydrogen (secondary N) is 1. The maximum absolute atomic E-state index is 10.9. The van der Waals surface area contributed by atoms with Crippen LogP contribution in [0.5, 0.6) is 11.5 Å². The Balaban J connectivity index is 2.35. The predicted molar refractivity (Wildman–Crippen MR) is 71.1 cm³/mol. The van der Waals surface area contributed by atoms with Crippen LogP contribution in [0.15, 0.2) is 12.1 Å². The van der Waals surface area contributed by atoms with Gasteiger partial charge in [-0.05, 0) is 11.6 Å². The summed E-state index contributed by atoms with van der Waals surface area (Å²) in [6.45, 7) is 0. The Morgan fingerprint density at radius 3 is 2.80 bits per heavy atom. The van der Waals surface area contributed by atoms with Gasteiger partial charge in [-0.3, -0.25) is 20.2 Å². The first-order valence-corrected chi connectivity index (χ1v) is 6.64. The average Bonchev–Trinajstić information content (AvgIpc) is 2.88. The number of rotatable bonds is 4. The van der Waals surface area contributed by atoms with Gasteiger partial charge in [0.15, 0.2) is 5.75 Å². The topological polar surface area (TPSA) is 122 Å². The first-order valence-electron chi connectivity index (χ1n) is 5.59. The van der Waals surface area contributed by atoms with Crippen LogP contribution in [0.1, 0.15) is 10.9 Å². The van der Waals surface area contributed by atoms with Crippen molar-refractivity contribution in [1.29, 1.82) is 0 Å². The summed E-state index contributed by atoms with van der Waals surface area (Å²) in [5.74, 6) is -1.17. The van der Waals surface area contributed by atoms with Gasteiger partial charge >= 0.3 is 11.7 Å². The number of aliphatic carboxylic acids is 1. The highest BCUT2D eigenvalue weighted by atomic mass is 32.2. The summed E-state index contributed by atoms with van der Waals surface area (Å²) < 4.78 is 4.90. The molecule has 2 atom stereocenters. The molecule has 8 nitrogen and oxygen atoms in total. The molecule has 0 saturated carbocycles. The van der Waals surface area contributed by atoms with Gasteiger partial charge in [0.2, 0.25) is 5.75 Å². The fourth-order valence-corrected chi connectivity index (χ4v) is 3.08. The minimum Gasteiger partial charge on any atom is -0.500 e. The minimum atomic E-state index is -0.972. The van der Waals surface area contributed by atoms with Gasteiger partial charge < -0.3 is 14.9 Å². The zero-order valence-electron chi connectivity index (χ0n) is 10.4. The van der Waals surface area contributed by atoms with Gasteiger partial charge in [-0.2, -0.15) is 0 Å². The fourth-order valence-electron chi connectivity index (χ4n) is 1.87. The normalized spacial score (nSPS) is 21.6. The molecule has 20 heavy (non-hydrogen) atoms. The molecule has 9 heteroatoms. The van der Waals surface area contributed by atoms with Crippen molar-refractivity contribution >= 4 is 23.4 Å². The molecule has 1 aliphatic heterocycles. The van der Waals surface area contributed by atoms with Crippen LogP contribution in [0.3, 0.4) is 0 Å². The number of carboxylic acid groups (broad SMARTS) is 1. The van der Waals surface area contributed by atoms with Crippen LogP contribution >= 0.6 is 11.8 Å². The lowest BCUT2D eigenvalue weighted by molar-refractivity contribution is -0.386. The molecule has 0 unspecified atom stereocenters. The van der Waals surface area contributed by atoms with E-state index < -0.39 is 33.7 Å². The van der Waals surface area contributed by atoms with Crippen LogP contribution in [0.25, 0.3) is 0 Å². The summed E-state index contributed by atoms with van der Waals surface area (Å²) in [6, 6.07) is 1.97. The van der Waals surface area contributed by atoms with Crippen molar-refractivity contribution in [3.8, 4) is 11.5 Å². The lowest BCUT2D eigenvalue weighted by atomic mass is 10.1. The number of benzene rings is 1. The molecule has 3 N–H and O–H groups in total. The number of hydrogen-bond donors (Lipinski definition) is 3. The summed E-state index contributed by atoms with van der Waals surface area (Å²) in [7, 11) is 1.29. The zero-order chi connectivity index (χ0) is 14.9. The second kappa shape index (κ2) is 5.55. The Morgan fingerprint density at radius 2 is 2.30 bits per heavy atom. The summed E-state index contributed by atoms with van der Waals surface area (Å²) in [4.78, 5) is 21.1.